The van der Waals surface area contributed by atoms with Gasteiger partial charge in [0, 0.05) is 12.1 Å². The maximum Gasteiger partial charge on any atom is 0.245 e. The number of anilines is 1. The van der Waals surface area contributed by atoms with E-state index in [1.165, 1.54) is 11.3 Å². The smallest absolute Gasteiger partial charge is 0.245 e. The fourth-order valence-electron chi connectivity index (χ4n) is 1.94. The summed E-state index contributed by atoms with van der Waals surface area (Å²) < 4.78 is 5.26. The first-order chi connectivity index (χ1) is 10.2. The molecule has 0 saturated carbocycles. The Bertz CT molecular complexity index is 643. The van der Waals surface area contributed by atoms with Gasteiger partial charge in [0.05, 0.1) is 18.2 Å². The topological polar surface area (TPSA) is 76.1 Å². The van der Waals surface area contributed by atoms with Crippen LogP contribution in [0.5, 0.6) is 0 Å². The molecule has 6 nitrogen and oxygen atoms in total. The normalized spacial score (nSPS) is 18.4. The fourth-order valence-corrected chi connectivity index (χ4v) is 3.01. The molecule has 0 bridgehead atoms. The maximum atomic E-state index is 12.0. The Labute approximate surface area is 130 Å². The van der Waals surface area contributed by atoms with Crippen molar-refractivity contribution < 1.29 is 9.53 Å². The largest absolute Gasteiger partial charge is 0.378 e. The summed E-state index contributed by atoms with van der Waals surface area (Å²) in [6, 6.07) is 7.03. The summed E-state index contributed by atoms with van der Waals surface area (Å²) in [6.45, 7) is 1.65. The first kappa shape index (κ1) is 14.4. The van der Waals surface area contributed by atoms with Crippen LogP contribution >= 0.6 is 22.9 Å². The third-order valence-electron chi connectivity index (χ3n) is 3.00. The zero-order valence-electron chi connectivity index (χ0n) is 11.0. The lowest BCUT2D eigenvalue weighted by Gasteiger charge is -2.22. The molecule has 1 atom stereocenters. The van der Waals surface area contributed by atoms with Crippen molar-refractivity contribution in [3.05, 3.63) is 29.3 Å². The minimum Gasteiger partial charge on any atom is -0.378 e. The van der Waals surface area contributed by atoms with E-state index in [-0.39, 0.29) is 11.9 Å². The van der Waals surface area contributed by atoms with Crippen molar-refractivity contribution in [3.63, 3.8) is 0 Å². The van der Waals surface area contributed by atoms with Crippen molar-refractivity contribution in [1.82, 2.24) is 15.5 Å². The lowest BCUT2D eigenvalue weighted by Crippen LogP contribution is -2.48. The van der Waals surface area contributed by atoms with Crippen molar-refractivity contribution in [2.75, 3.05) is 25.1 Å². The molecule has 1 unspecified atom stereocenters. The Morgan fingerprint density at radius 2 is 2.29 bits per heavy atom. The Morgan fingerprint density at radius 3 is 3.05 bits per heavy atom. The number of amides is 1. The molecule has 21 heavy (non-hydrogen) atoms. The summed E-state index contributed by atoms with van der Waals surface area (Å²) in [6.07, 6.45) is 0. The summed E-state index contributed by atoms with van der Waals surface area (Å²) in [5, 5.41) is 15.6. The van der Waals surface area contributed by atoms with E-state index in [9.17, 15) is 4.79 Å². The van der Waals surface area contributed by atoms with Crippen LogP contribution in [-0.4, -0.2) is 41.9 Å². The van der Waals surface area contributed by atoms with Gasteiger partial charge in [-0.15, -0.1) is 10.2 Å². The standard InChI is InChI=1S/C13H13ClN4O2S/c14-9-4-2-1-3-8(9)12-17-18-13(21-12)16-11(19)10-7-20-6-5-15-10/h1-4,10,15H,5-7H2,(H,16,18,19). The van der Waals surface area contributed by atoms with Gasteiger partial charge in [-0.1, -0.05) is 41.1 Å². The van der Waals surface area contributed by atoms with E-state index in [0.717, 1.165) is 5.56 Å². The number of hydrogen-bond acceptors (Lipinski definition) is 6. The molecule has 1 aliphatic rings. The van der Waals surface area contributed by atoms with Crippen LogP contribution in [0.3, 0.4) is 0 Å². The molecule has 1 saturated heterocycles. The van der Waals surface area contributed by atoms with Gasteiger partial charge in [-0.05, 0) is 6.07 Å². The number of hydrogen-bond donors (Lipinski definition) is 2. The molecular weight excluding hydrogens is 312 g/mol. The molecule has 2 aromatic rings. The molecule has 2 N–H and O–H groups in total. The predicted octanol–water partition coefficient (Wildman–Crippen LogP) is 1.79. The highest BCUT2D eigenvalue weighted by atomic mass is 35.5. The average molecular weight is 325 g/mol. The molecule has 1 fully saturated rings. The first-order valence-corrected chi connectivity index (χ1v) is 7.64. The lowest BCUT2D eigenvalue weighted by atomic mass is 10.2. The molecule has 110 valence electrons. The van der Waals surface area contributed by atoms with Crippen LogP contribution in [0.25, 0.3) is 10.6 Å². The quantitative estimate of drug-likeness (QED) is 0.900. The fraction of sp³-hybridized carbons (Fsp3) is 0.308. The van der Waals surface area contributed by atoms with E-state index in [1.807, 2.05) is 18.2 Å². The molecule has 0 radical (unpaired) electrons. The number of benzene rings is 1. The summed E-state index contributed by atoms with van der Waals surface area (Å²) in [4.78, 5) is 12.0. The number of ether oxygens (including phenoxy) is 1. The highest BCUT2D eigenvalue weighted by Crippen LogP contribution is 2.31. The van der Waals surface area contributed by atoms with Crippen LogP contribution < -0.4 is 10.6 Å². The molecule has 1 aromatic carbocycles. The third kappa shape index (κ3) is 3.38. The zero-order valence-corrected chi connectivity index (χ0v) is 12.6. The van der Waals surface area contributed by atoms with Crippen molar-refractivity contribution in [3.8, 4) is 10.6 Å². The van der Waals surface area contributed by atoms with Crippen LogP contribution in [0.15, 0.2) is 24.3 Å². The Morgan fingerprint density at radius 1 is 1.43 bits per heavy atom. The molecule has 0 spiro atoms. The molecule has 1 aromatic heterocycles. The summed E-state index contributed by atoms with van der Waals surface area (Å²) >= 11 is 7.41. The Kier molecular flexibility index (Phi) is 4.45. The second-order valence-corrected chi connectivity index (χ2v) is 5.85. The molecule has 3 rings (SSSR count). The Balaban J connectivity index is 1.70. The number of carbonyl (C=O) groups is 1. The zero-order chi connectivity index (χ0) is 14.7. The second kappa shape index (κ2) is 6.48. The van der Waals surface area contributed by atoms with Gasteiger partial charge in [-0.25, -0.2) is 0 Å². The van der Waals surface area contributed by atoms with E-state index in [0.29, 0.717) is 34.9 Å². The monoisotopic (exact) mass is 324 g/mol. The highest BCUT2D eigenvalue weighted by molar-refractivity contribution is 7.18. The maximum absolute atomic E-state index is 12.0. The van der Waals surface area contributed by atoms with Gasteiger partial charge in [0.25, 0.3) is 0 Å². The van der Waals surface area contributed by atoms with Gasteiger partial charge < -0.3 is 10.1 Å². The van der Waals surface area contributed by atoms with Crippen LogP contribution in [0.1, 0.15) is 0 Å². The number of carbonyl (C=O) groups excluding carboxylic acids is 1. The van der Waals surface area contributed by atoms with Crippen LogP contribution in [0, 0.1) is 0 Å². The molecule has 1 aliphatic heterocycles. The van der Waals surface area contributed by atoms with Crippen LogP contribution in [0.4, 0.5) is 5.13 Å². The van der Waals surface area contributed by atoms with Gasteiger partial charge in [0.2, 0.25) is 11.0 Å². The van der Waals surface area contributed by atoms with Crippen LogP contribution in [0.2, 0.25) is 5.02 Å². The predicted molar refractivity (Wildman–Crippen MR) is 81.6 cm³/mol. The van der Waals surface area contributed by atoms with Crippen molar-refractivity contribution in [2.24, 2.45) is 0 Å². The molecule has 1 amide bonds. The van der Waals surface area contributed by atoms with Gasteiger partial charge in [-0.3, -0.25) is 10.1 Å². The minimum atomic E-state index is -0.355. The molecule has 0 aliphatic carbocycles. The van der Waals surface area contributed by atoms with E-state index in [1.54, 1.807) is 6.07 Å². The molecular formula is C13H13ClN4O2S. The number of aromatic nitrogens is 2. The Hall–Kier alpha value is -1.54. The van der Waals surface area contributed by atoms with E-state index >= 15 is 0 Å². The van der Waals surface area contributed by atoms with Crippen LogP contribution in [-0.2, 0) is 9.53 Å². The highest BCUT2D eigenvalue weighted by Gasteiger charge is 2.22. The molecule has 2 heterocycles. The summed E-state index contributed by atoms with van der Waals surface area (Å²) in [5.41, 5.74) is 0.802. The summed E-state index contributed by atoms with van der Waals surface area (Å²) in [7, 11) is 0. The second-order valence-electron chi connectivity index (χ2n) is 4.46. The third-order valence-corrected chi connectivity index (χ3v) is 4.20. The van der Waals surface area contributed by atoms with Crippen molar-refractivity contribution in [1.29, 1.82) is 0 Å². The number of nitrogens with one attached hydrogen (secondary N) is 2. The van der Waals surface area contributed by atoms with Gasteiger partial charge in [0.15, 0.2) is 5.01 Å². The van der Waals surface area contributed by atoms with Crippen molar-refractivity contribution in [2.45, 2.75) is 6.04 Å². The minimum absolute atomic E-state index is 0.170. The average Bonchev–Trinajstić information content (AvgIpc) is 2.97. The first-order valence-electron chi connectivity index (χ1n) is 6.44. The lowest BCUT2D eigenvalue weighted by molar-refractivity contribution is -0.120. The van der Waals surface area contributed by atoms with Gasteiger partial charge in [-0.2, -0.15) is 0 Å². The van der Waals surface area contributed by atoms with E-state index < -0.39 is 0 Å². The van der Waals surface area contributed by atoms with Gasteiger partial charge >= 0.3 is 0 Å². The van der Waals surface area contributed by atoms with E-state index in [4.69, 9.17) is 16.3 Å². The number of rotatable bonds is 3. The number of nitrogens with zero attached hydrogens (tertiary/aromatic N) is 2. The molecule has 8 heteroatoms. The number of halogens is 1. The van der Waals surface area contributed by atoms with Gasteiger partial charge in [0.1, 0.15) is 6.04 Å². The van der Waals surface area contributed by atoms with E-state index in [2.05, 4.69) is 20.8 Å². The SMILES string of the molecule is O=C(Nc1nnc(-c2ccccc2Cl)s1)C1COCCN1. The number of morpholine rings is 1. The van der Waals surface area contributed by atoms with Crippen molar-refractivity contribution >= 4 is 34.0 Å². The summed E-state index contributed by atoms with van der Waals surface area (Å²) in [5.74, 6) is -0.170.